The quantitative estimate of drug-likeness (QED) is 0.762. The van der Waals surface area contributed by atoms with Crippen molar-refractivity contribution in [3.8, 4) is 11.5 Å². The van der Waals surface area contributed by atoms with Gasteiger partial charge in [-0.05, 0) is 31.2 Å². The fraction of sp³-hybridized carbons (Fsp3) is 0.0769. The molecular formula is C13H10FNO2. The molecule has 3 nitrogen and oxygen atoms in total. The normalized spacial score (nSPS) is 10.0. The fourth-order valence-electron chi connectivity index (χ4n) is 1.36. The van der Waals surface area contributed by atoms with E-state index in [1.54, 1.807) is 12.1 Å². The van der Waals surface area contributed by atoms with Crippen LogP contribution in [0.4, 0.5) is 4.39 Å². The highest BCUT2D eigenvalue weighted by Gasteiger charge is 2.09. The zero-order chi connectivity index (χ0) is 12.3. The van der Waals surface area contributed by atoms with Gasteiger partial charge in [0.25, 0.3) is 0 Å². The number of hydrogen-bond acceptors (Lipinski definition) is 3. The second-order valence-electron chi connectivity index (χ2n) is 3.51. The monoisotopic (exact) mass is 231 g/mol. The Labute approximate surface area is 97.9 Å². The molecule has 1 heterocycles. The van der Waals surface area contributed by atoms with E-state index in [9.17, 15) is 9.18 Å². The topological polar surface area (TPSA) is 39.2 Å². The number of carbonyl (C=O) groups is 1. The van der Waals surface area contributed by atoms with Gasteiger partial charge in [0.15, 0.2) is 6.29 Å². The third-order valence-electron chi connectivity index (χ3n) is 2.24. The summed E-state index contributed by atoms with van der Waals surface area (Å²) in [6, 6.07) is 7.72. The highest BCUT2D eigenvalue weighted by Crippen LogP contribution is 2.25. The number of nitrogens with zero attached hydrogens (tertiary/aromatic N) is 1. The first kappa shape index (κ1) is 11.3. The van der Waals surface area contributed by atoms with E-state index in [0.717, 1.165) is 5.69 Å². The van der Waals surface area contributed by atoms with Crippen molar-refractivity contribution in [1.29, 1.82) is 0 Å². The van der Waals surface area contributed by atoms with Crippen molar-refractivity contribution in [2.24, 2.45) is 0 Å². The van der Waals surface area contributed by atoms with Gasteiger partial charge in [-0.3, -0.25) is 9.78 Å². The van der Waals surface area contributed by atoms with Gasteiger partial charge in [-0.15, -0.1) is 0 Å². The van der Waals surface area contributed by atoms with Gasteiger partial charge >= 0.3 is 0 Å². The van der Waals surface area contributed by atoms with Crippen molar-refractivity contribution in [2.45, 2.75) is 6.92 Å². The van der Waals surface area contributed by atoms with Gasteiger partial charge in [-0.1, -0.05) is 6.07 Å². The van der Waals surface area contributed by atoms with E-state index in [0.29, 0.717) is 12.0 Å². The summed E-state index contributed by atoms with van der Waals surface area (Å²) in [6.07, 6.45) is 1.96. The van der Waals surface area contributed by atoms with E-state index in [1.165, 1.54) is 24.4 Å². The van der Waals surface area contributed by atoms with Crippen molar-refractivity contribution in [3.05, 3.63) is 53.6 Å². The average Bonchev–Trinajstić information content (AvgIpc) is 2.32. The lowest BCUT2D eigenvalue weighted by Gasteiger charge is -2.07. The fourth-order valence-corrected chi connectivity index (χ4v) is 1.36. The first-order valence-corrected chi connectivity index (χ1v) is 5.05. The molecule has 0 aliphatic heterocycles. The largest absolute Gasteiger partial charge is 0.455 e. The molecule has 0 aliphatic rings. The number of aromatic nitrogens is 1. The molecule has 0 spiro atoms. The van der Waals surface area contributed by atoms with Crippen LogP contribution in [0.5, 0.6) is 11.5 Å². The number of carbonyl (C=O) groups excluding carboxylic acids is 1. The highest BCUT2D eigenvalue weighted by atomic mass is 19.1. The second kappa shape index (κ2) is 4.74. The lowest BCUT2D eigenvalue weighted by Crippen LogP contribution is -1.94. The van der Waals surface area contributed by atoms with E-state index in [2.05, 4.69) is 4.98 Å². The molecule has 86 valence electrons. The summed E-state index contributed by atoms with van der Waals surface area (Å²) in [6.45, 7) is 1.85. The maximum Gasteiger partial charge on any atom is 0.156 e. The molecule has 0 bridgehead atoms. The van der Waals surface area contributed by atoms with Crippen molar-refractivity contribution < 1.29 is 13.9 Å². The Kier molecular flexibility index (Phi) is 3.14. The predicted molar refractivity (Wildman–Crippen MR) is 60.8 cm³/mol. The molecule has 0 aliphatic carbocycles. The summed E-state index contributed by atoms with van der Waals surface area (Å²) in [5.74, 6) is 0.0486. The Hall–Kier alpha value is -2.23. The number of rotatable bonds is 3. The van der Waals surface area contributed by atoms with Crippen LogP contribution in [0.25, 0.3) is 0 Å². The summed E-state index contributed by atoms with van der Waals surface area (Å²) in [4.78, 5) is 14.8. The molecule has 2 aromatic rings. The lowest BCUT2D eigenvalue weighted by molar-refractivity contribution is 0.111. The van der Waals surface area contributed by atoms with Crippen molar-refractivity contribution >= 4 is 6.29 Å². The van der Waals surface area contributed by atoms with Gasteiger partial charge < -0.3 is 4.74 Å². The summed E-state index contributed by atoms with van der Waals surface area (Å²) < 4.78 is 18.7. The smallest absolute Gasteiger partial charge is 0.156 e. The van der Waals surface area contributed by atoms with Crippen LogP contribution in [0.1, 0.15) is 16.1 Å². The minimum Gasteiger partial charge on any atom is -0.455 e. The minimum absolute atomic E-state index is 0.0897. The zero-order valence-electron chi connectivity index (χ0n) is 9.18. The Morgan fingerprint density at radius 2 is 2.12 bits per heavy atom. The number of hydrogen-bond donors (Lipinski definition) is 0. The van der Waals surface area contributed by atoms with Crippen LogP contribution in [0.2, 0.25) is 0 Å². The number of ether oxygens (including phenoxy) is 1. The number of aryl methyl sites for hydroxylation is 1. The first-order valence-electron chi connectivity index (χ1n) is 5.05. The third kappa shape index (κ3) is 2.47. The summed E-state index contributed by atoms with van der Waals surface area (Å²) in [5.41, 5.74) is 0.764. The van der Waals surface area contributed by atoms with Gasteiger partial charge in [0.2, 0.25) is 0 Å². The van der Waals surface area contributed by atoms with Crippen LogP contribution < -0.4 is 4.74 Å². The van der Waals surface area contributed by atoms with Crippen LogP contribution in [0, 0.1) is 12.7 Å². The molecule has 0 atom stereocenters. The SMILES string of the molecule is Cc1ccc(Oc2cccc(F)c2C=O)cn1. The number of halogens is 1. The standard InChI is InChI=1S/C13H10FNO2/c1-9-5-6-10(7-15-9)17-13-4-2-3-12(14)11(13)8-16/h2-8H,1H3. The molecule has 17 heavy (non-hydrogen) atoms. The summed E-state index contributed by atoms with van der Waals surface area (Å²) >= 11 is 0. The van der Waals surface area contributed by atoms with E-state index in [1.807, 2.05) is 6.92 Å². The molecule has 1 aromatic carbocycles. The van der Waals surface area contributed by atoms with Crippen molar-refractivity contribution in [1.82, 2.24) is 4.98 Å². The van der Waals surface area contributed by atoms with Gasteiger partial charge in [-0.2, -0.15) is 0 Å². The molecule has 0 amide bonds. The lowest BCUT2D eigenvalue weighted by atomic mass is 10.2. The van der Waals surface area contributed by atoms with E-state index in [4.69, 9.17) is 4.74 Å². The Morgan fingerprint density at radius 1 is 1.29 bits per heavy atom. The zero-order valence-corrected chi connectivity index (χ0v) is 9.18. The van der Waals surface area contributed by atoms with Gasteiger partial charge in [0.05, 0.1) is 11.8 Å². The van der Waals surface area contributed by atoms with Crippen LogP contribution in [0.3, 0.4) is 0 Å². The van der Waals surface area contributed by atoms with E-state index >= 15 is 0 Å². The van der Waals surface area contributed by atoms with Gasteiger partial charge in [-0.25, -0.2) is 4.39 Å². The van der Waals surface area contributed by atoms with Crippen molar-refractivity contribution in [3.63, 3.8) is 0 Å². The van der Waals surface area contributed by atoms with E-state index < -0.39 is 5.82 Å². The van der Waals surface area contributed by atoms with Gasteiger partial charge in [0.1, 0.15) is 17.3 Å². The minimum atomic E-state index is -0.599. The van der Waals surface area contributed by atoms with Crippen LogP contribution >= 0.6 is 0 Å². The molecule has 2 rings (SSSR count). The first-order chi connectivity index (χ1) is 8.20. The third-order valence-corrected chi connectivity index (χ3v) is 2.24. The average molecular weight is 231 g/mol. The molecular weight excluding hydrogens is 221 g/mol. The van der Waals surface area contributed by atoms with Crippen LogP contribution in [0.15, 0.2) is 36.5 Å². The summed E-state index contributed by atoms with van der Waals surface area (Å²) in [7, 11) is 0. The molecule has 4 heteroatoms. The van der Waals surface area contributed by atoms with Crippen molar-refractivity contribution in [2.75, 3.05) is 0 Å². The maximum atomic E-state index is 13.3. The Balaban J connectivity index is 2.33. The molecule has 0 saturated heterocycles. The molecule has 1 aromatic heterocycles. The van der Waals surface area contributed by atoms with E-state index in [-0.39, 0.29) is 11.3 Å². The number of pyridine rings is 1. The number of aldehydes is 1. The maximum absolute atomic E-state index is 13.3. The Bertz CT molecular complexity index is 538. The number of benzene rings is 1. The van der Waals surface area contributed by atoms with Crippen LogP contribution in [-0.4, -0.2) is 11.3 Å². The molecule has 0 fully saturated rings. The van der Waals surface area contributed by atoms with Gasteiger partial charge in [0, 0.05) is 5.69 Å². The predicted octanol–water partition coefficient (Wildman–Crippen LogP) is 3.13. The Morgan fingerprint density at radius 3 is 2.76 bits per heavy atom. The highest BCUT2D eigenvalue weighted by molar-refractivity contribution is 5.79. The van der Waals surface area contributed by atoms with Crippen LogP contribution in [-0.2, 0) is 0 Å². The summed E-state index contributed by atoms with van der Waals surface area (Å²) in [5, 5.41) is 0. The molecule has 0 N–H and O–H groups in total. The second-order valence-corrected chi connectivity index (χ2v) is 3.51. The molecule has 0 radical (unpaired) electrons. The molecule has 0 saturated carbocycles. The molecule has 0 unspecified atom stereocenters.